The lowest BCUT2D eigenvalue weighted by molar-refractivity contribution is -0.133. The maximum atomic E-state index is 12.6. The second-order valence-corrected chi connectivity index (χ2v) is 10.0. The molecule has 1 saturated carbocycles. The predicted octanol–water partition coefficient (Wildman–Crippen LogP) is 4.51. The summed E-state index contributed by atoms with van der Waals surface area (Å²) in [4.78, 5) is 29.3. The molecule has 1 aliphatic carbocycles. The highest BCUT2D eigenvalue weighted by molar-refractivity contribution is 5.95. The minimum atomic E-state index is 0.0239. The van der Waals surface area contributed by atoms with E-state index in [9.17, 15) is 9.59 Å². The lowest BCUT2D eigenvalue weighted by Crippen LogP contribution is -2.49. The predicted molar refractivity (Wildman–Crippen MR) is 125 cm³/mol. The summed E-state index contributed by atoms with van der Waals surface area (Å²) in [5, 5.41) is 3.07. The zero-order valence-electron chi connectivity index (χ0n) is 18.8. The van der Waals surface area contributed by atoms with Crippen LogP contribution in [0.5, 0.6) is 0 Å². The van der Waals surface area contributed by atoms with Crippen LogP contribution in [0.3, 0.4) is 0 Å². The van der Waals surface area contributed by atoms with Gasteiger partial charge in [-0.1, -0.05) is 51.1 Å². The number of benzene rings is 2. The van der Waals surface area contributed by atoms with Gasteiger partial charge in [0, 0.05) is 49.9 Å². The average Bonchev–Trinajstić information content (AvgIpc) is 3.55. The van der Waals surface area contributed by atoms with E-state index in [4.69, 9.17) is 0 Å². The van der Waals surface area contributed by atoms with E-state index in [-0.39, 0.29) is 23.1 Å². The maximum absolute atomic E-state index is 12.6. The van der Waals surface area contributed by atoms with Gasteiger partial charge in [-0.25, -0.2) is 0 Å². The Morgan fingerprint density at radius 3 is 2.19 bits per heavy atom. The summed E-state index contributed by atoms with van der Waals surface area (Å²) < 4.78 is 0. The molecule has 2 aliphatic rings. The lowest BCUT2D eigenvalue weighted by atomic mass is 9.91. The molecular formula is C26H33N3O2. The fourth-order valence-corrected chi connectivity index (χ4v) is 4.32. The van der Waals surface area contributed by atoms with Crippen LogP contribution in [-0.2, 0) is 9.59 Å². The number of anilines is 2. The number of hydrogen-bond donors (Lipinski definition) is 1. The fourth-order valence-electron chi connectivity index (χ4n) is 4.32. The molecule has 4 rings (SSSR count). The molecule has 2 fully saturated rings. The normalized spacial score (nSPS) is 21.0. The van der Waals surface area contributed by atoms with Gasteiger partial charge in [0.1, 0.15) is 0 Å². The van der Waals surface area contributed by atoms with E-state index in [1.165, 1.54) is 5.56 Å². The van der Waals surface area contributed by atoms with Crippen molar-refractivity contribution in [3.05, 3.63) is 60.2 Å². The number of rotatable bonds is 5. The van der Waals surface area contributed by atoms with Gasteiger partial charge in [0.05, 0.1) is 0 Å². The highest BCUT2D eigenvalue weighted by Gasteiger charge is 2.43. The Bertz CT molecular complexity index is 910. The molecule has 31 heavy (non-hydrogen) atoms. The topological polar surface area (TPSA) is 52.7 Å². The first-order valence-electron chi connectivity index (χ1n) is 11.3. The smallest absolute Gasteiger partial charge is 0.228 e. The van der Waals surface area contributed by atoms with Crippen molar-refractivity contribution < 1.29 is 9.59 Å². The average molecular weight is 420 g/mol. The van der Waals surface area contributed by atoms with Crippen LogP contribution in [0.15, 0.2) is 54.6 Å². The summed E-state index contributed by atoms with van der Waals surface area (Å²) in [5.74, 6) is 0.769. The first-order chi connectivity index (χ1) is 14.8. The third kappa shape index (κ3) is 5.46. The van der Waals surface area contributed by atoms with E-state index in [1.807, 2.05) is 35.2 Å². The number of hydrogen-bond acceptors (Lipinski definition) is 3. The highest BCUT2D eigenvalue weighted by Crippen LogP contribution is 2.47. The summed E-state index contributed by atoms with van der Waals surface area (Å²) in [6.07, 6.45) is 1.51. The Balaban J connectivity index is 1.26. The van der Waals surface area contributed by atoms with Crippen LogP contribution in [0.2, 0.25) is 0 Å². The Morgan fingerprint density at radius 2 is 1.58 bits per heavy atom. The standard InChI is InChI=1S/C26H33N3O2/c1-26(2,3)18-24(30)29-15-13-28(14-16-29)21-11-9-20(10-12-21)27-25(31)23-17-22(23)19-7-5-4-6-8-19/h4-12,22-23H,13-18H2,1-3H3,(H,27,31)/t22-,23+/m0/s1. The highest BCUT2D eigenvalue weighted by atomic mass is 16.2. The SMILES string of the molecule is CC(C)(C)CC(=O)N1CCN(c2ccc(NC(=O)[C@@H]3C[C@H]3c3ccccc3)cc2)CC1. The molecule has 0 bridgehead atoms. The van der Waals surface area contributed by atoms with Gasteiger partial charge in [0.25, 0.3) is 0 Å². The van der Waals surface area contributed by atoms with Gasteiger partial charge in [-0.05, 0) is 47.6 Å². The number of piperazine rings is 1. The molecule has 1 heterocycles. The molecule has 2 aromatic carbocycles. The van der Waals surface area contributed by atoms with Crippen LogP contribution >= 0.6 is 0 Å². The van der Waals surface area contributed by atoms with Crippen LogP contribution in [0.1, 0.15) is 45.1 Å². The molecule has 0 spiro atoms. The van der Waals surface area contributed by atoms with E-state index in [2.05, 4.69) is 55.3 Å². The Hall–Kier alpha value is -2.82. The summed E-state index contributed by atoms with van der Waals surface area (Å²) in [5.41, 5.74) is 3.25. The summed E-state index contributed by atoms with van der Waals surface area (Å²) in [7, 11) is 0. The fraction of sp³-hybridized carbons (Fsp3) is 0.462. The molecule has 5 nitrogen and oxygen atoms in total. The minimum absolute atomic E-state index is 0.0239. The Labute approximate surface area is 185 Å². The molecule has 1 N–H and O–H groups in total. The summed E-state index contributed by atoms with van der Waals surface area (Å²) in [6.45, 7) is 9.50. The molecule has 2 amide bonds. The zero-order valence-corrected chi connectivity index (χ0v) is 18.8. The zero-order chi connectivity index (χ0) is 22.0. The van der Waals surface area contributed by atoms with Gasteiger partial charge in [-0.15, -0.1) is 0 Å². The van der Waals surface area contributed by atoms with Gasteiger partial charge < -0.3 is 15.1 Å². The van der Waals surface area contributed by atoms with Gasteiger partial charge in [0.15, 0.2) is 0 Å². The van der Waals surface area contributed by atoms with Crippen molar-refractivity contribution in [2.45, 2.75) is 39.5 Å². The molecule has 1 saturated heterocycles. The van der Waals surface area contributed by atoms with Crippen LogP contribution in [-0.4, -0.2) is 42.9 Å². The van der Waals surface area contributed by atoms with Crippen LogP contribution in [0, 0.1) is 11.3 Å². The van der Waals surface area contributed by atoms with Gasteiger partial charge >= 0.3 is 0 Å². The third-order valence-electron chi connectivity index (χ3n) is 6.17. The van der Waals surface area contributed by atoms with Gasteiger partial charge in [-0.3, -0.25) is 9.59 Å². The van der Waals surface area contributed by atoms with Gasteiger partial charge in [-0.2, -0.15) is 0 Å². The second-order valence-electron chi connectivity index (χ2n) is 10.0. The van der Waals surface area contributed by atoms with E-state index < -0.39 is 0 Å². The minimum Gasteiger partial charge on any atom is -0.368 e. The van der Waals surface area contributed by atoms with E-state index in [1.54, 1.807) is 0 Å². The van der Waals surface area contributed by atoms with E-state index in [0.717, 1.165) is 44.0 Å². The number of carbonyl (C=O) groups is 2. The molecule has 2 aromatic rings. The van der Waals surface area contributed by atoms with Crippen LogP contribution in [0.4, 0.5) is 11.4 Å². The number of amides is 2. The van der Waals surface area contributed by atoms with Crippen LogP contribution < -0.4 is 10.2 Å². The third-order valence-corrected chi connectivity index (χ3v) is 6.17. The summed E-state index contributed by atoms with van der Waals surface area (Å²) >= 11 is 0. The van der Waals surface area contributed by atoms with Crippen molar-refractivity contribution >= 4 is 23.2 Å². The lowest BCUT2D eigenvalue weighted by Gasteiger charge is -2.37. The molecule has 2 atom stereocenters. The van der Waals surface area contributed by atoms with Crippen molar-refractivity contribution in [2.24, 2.45) is 11.3 Å². The Morgan fingerprint density at radius 1 is 0.935 bits per heavy atom. The van der Waals surface area contributed by atoms with Crippen molar-refractivity contribution in [3.63, 3.8) is 0 Å². The second kappa shape index (κ2) is 8.74. The van der Waals surface area contributed by atoms with Crippen molar-refractivity contribution in [1.29, 1.82) is 0 Å². The molecule has 0 aromatic heterocycles. The monoisotopic (exact) mass is 419 g/mol. The molecule has 5 heteroatoms. The first-order valence-corrected chi connectivity index (χ1v) is 11.3. The maximum Gasteiger partial charge on any atom is 0.228 e. The molecule has 0 unspecified atom stereocenters. The van der Waals surface area contributed by atoms with E-state index >= 15 is 0 Å². The van der Waals surface area contributed by atoms with Crippen LogP contribution in [0.25, 0.3) is 0 Å². The summed E-state index contributed by atoms with van der Waals surface area (Å²) in [6, 6.07) is 18.3. The molecule has 0 radical (unpaired) electrons. The number of nitrogens with zero attached hydrogens (tertiary/aromatic N) is 2. The molecule has 164 valence electrons. The first kappa shape index (κ1) is 21.4. The molecule has 1 aliphatic heterocycles. The molecular weight excluding hydrogens is 386 g/mol. The van der Waals surface area contributed by atoms with Crippen molar-refractivity contribution in [3.8, 4) is 0 Å². The largest absolute Gasteiger partial charge is 0.368 e. The van der Waals surface area contributed by atoms with Crippen molar-refractivity contribution in [2.75, 3.05) is 36.4 Å². The Kier molecular flexibility index (Phi) is 6.03. The quantitative estimate of drug-likeness (QED) is 0.776. The van der Waals surface area contributed by atoms with Crippen molar-refractivity contribution in [1.82, 2.24) is 4.90 Å². The number of carbonyl (C=O) groups excluding carboxylic acids is 2. The number of nitrogens with one attached hydrogen (secondary N) is 1. The van der Waals surface area contributed by atoms with E-state index in [0.29, 0.717) is 12.3 Å². The van der Waals surface area contributed by atoms with Gasteiger partial charge in [0.2, 0.25) is 11.8 Å².